The monoisotopic (exact) mass is 352 g/mol. The molecule has 1 heterocycles. The molecule has 0 saturated carbocycles. The number of ether oxygens (including phenoxy) is 2. The van der Waals surface area contributed by atoms with Crippen molar-refractivity contribution < 1.29 is 18.7 Å². The highest BCUT2D eigenvalue weighted by Crippen LogP contribution is 2.31. The van der Waals surface area contributed by atoms with E-state index < -0.39 is 5.95 Å². The first-order valence-electron chi connectivity index (χ1n) is 7.92. The van der Waals surface area contributed by atoms with Crippen molar-refractivity contribution in [3.05, 3.63) is 77.9 Å². The fourth-order valence-corrected chi connectivity index (χ4v) is 2.44. The van der Waals surface area contributed by atoms with Gasteiger partial charge in [0, 0.05) is 11.8 Å². The maximum absolute atomic E-state index is 13.1. The van der Waals surface area contributed by atoms with Gasteiger partial charge in [-0.05, 0) is 43.3 Å². The molecule has 0 atom stereocenters. The lowest BCUT2D eigenvalue weighted by molar-refractivity contribution is 0.102. The van der Waals surface area contributed by atoms with Gasteiger partial charge in [-0.2, -0.15) is 4.39 Å². The number of hydrogen-bond donors (Lipinski definition) is 1. The molecule has 1 amide bonds. The summed E-state index contributed by atoms with van der Waals surface area (Å²) in [5.74, 6) is 0.726. The van der Waals surface area contributed by atoms with E-state index in [2.05, 4.69) is 10.3 Å². The van der Waals surface area contributed by atoms with E-state index in [9.17, 15) is 9.18 Å². The summed E-state index contributed by atoms with van der Waals surface area (Å²) in [6, 6.07) is 16.8. The third-order valence-electron chi connectivity index (χ3n) is 3.69. The van der Waals surface area contributed by atoms with Gasteiger partial charge in [0.05, 0.1) is 18.4 Å². The number of amides is 1. The Kier molecular flexibility index (Phi) is 5.12. The molecule has 0 fully saturated rings. The minimum Gasteiger partial charge on any atom is -0.493 e. The molecule has 0 radical (unpaired) electrons. The standard InChI is InChI=1S/C20H17FN2O3/c1-13-16(10-11-19(21)22-13)20(24)23-14-6-5-7-15(12-14)26-18-9-4-3-8-17(18)25-2/h3-12H,1-2H3,(H,23,24). The minimum atomic E-state index is -0.619. The second-order valence-electron chi connectivity index (χ2n) is 5.50. The second kappa shape index (κ2) is 7.65. The number of nitrogens with one attached hydrogen (secondary N) is 1. The molecular formula is C20H17FN2O3. The van der Waals surface area contributed by atoms with Crippen LogP contribution in [0.5, 0.6) is 17.2 Å². The molecule has 6 heteroatoms. The van der Waals surface area contributed by atoms with E-state index in [0.717, 1.165) is 6.07 Å². The Morgan fingerprint density at radius 2 is 1.81 bits per heavy atom. The van der Waals surface area contributed by atoms with Crippen LogP contribution in [-0.2, 0) is 0 Å². The molecule has 3 rings (SSSR count). The average Bonchev–Trinajstić information content (AvgIpc) is 2.62. The number of carbonyl (C=O) groups excluding carboxylic acids is 1. The van der Waals surface area contributed by atoms with Gasteiger partial charge >= 0.3 is 0 Å². The van der Waals surface area contributed by atoms with Crippen LogP contribution in [0, 0.1) is 12.9 Å². The van der Waals surface area contributed by atoms with Crippen LogP contribution in [0.25, 0.3) is 0 Å². The zero-order chi connectivity index (χ0) is 18.5. The van der Waals surface area contributed by atoms with Crippen molar-refractivity contribution in [2.75, 3.05) is 12.4 Å². The molecule has 2 aromatic carbocycles. The summed E-state index contributed by atoms with van der Waals surface area (Å²) in [5, 5.41) is 2.76. The van der Waals surface area contributed by atoms with E-state index in [1.807, 2.05) is 12.1 Å². The van der Waals surface area contributed by atoms with Crippen LogP contribution in [0.3, 0.4) is 0 Å². The second-order valence-corrected chi connectivity index (χ2v) is 5.50. The lowest BCUT2D eigenvalue weighted by Crippen LogP contribution is -2.14. The van der Waals surface area contributed by atoms with Crippen LogP contribution in [0.4, 0.5) is 10.1 Å². The summed E-state index contributed by atoms with van der Waals surface area (Å²) in [6.07, 6.45) is 0. The highest BCUT2D eigenvalue weighted by Gasteiger charge is 2.12. The fourth-order valence-electron chi connectivity index (χ4n) is 2.44. The fraction of sp³-hybridized carbons (Fsp3) is 0.100. The molecule has 5 nitrogen and oxygen atoms in total. The van der Waals surface area contributed by atoms with E-state index in [1.54, 1.807) is 50.4 Å². The topological polar surface area (TPSA) is 60.5 Å². The van der Waals surface area contributed by atoms with Crippen molar-refractivity contribution in [3.63, 3.8) is 0 Å². The van der Waals surface area contributed by atoms with Crippen molar-refractivity contribution >= 4 is 11.6 Å². The first-order chi connectivity index (χ1) is 12.6. The Labute approximate surface area is 150 Å². The molecule has 0 spiro atoms. The number of carbonyl (C=O) groups is 1. The van der Waals surface area contributed by atoms with Gasteiger partial charge in [0.1, 0.15) is 5.75 Å². The predicted octanol–water partition coefficient (Wildman–Crippen LogP) is 4.58. The quantitative estimate of drug-likeness (QED) is 0.683. The van der Waals surface area contributed by atoms with E-state index in [1.165, 1.54) is 6.07 Å². The maximum Gasteiger partial charge on any atom is 0.257 e. The van der Waals surface area contributed by atoms with Crippen LogP contribution in [-0.4, -0.2) is 18.0 Å². The van der Waals surface area contributed by atoms with E-state index in [4.69, 9.17) is 9.47 Å². The van der Waals surface area contributed by atoms with Gasteiger partial charge in [-0.25, -0.2) is 4.98 Å². The number of halogens is 1. The number of benzene rings is 2. The van der Waals surface area contributed by atoms with Crippen LogP contribution in [0.2, 0.25) is 0 Å². The lowest BCUT2D eigenvalue weighted by Gasteiger charge is -2.12. The molecule has 1 N–H and O–H groups in total. The SMILES string of the molecule is COc1ccccc1Oc1cccc(NC(=O)c2ccc(F)nc2C)c1. The van der Waals surface area contributed by atoms with Gasteiger partial charge < -0.3 is 14.8 Å². The largest absolute Gasteiger partial charge is 0.493 e. The molecule has 0 unspecified atom stereocenters. The summed E-state index contributed by atoms with van der Waals surface area (Å²) in [5.41, 5.74) is 1.18. The Balaban J connectivity index is 1.78. The van der Waals surface area contributed by atoms with Crippen molar-refractivity contribution in [2.45, 2.75) is 6.92 Å². The Morgan fingerprint density at radius 1 is 1.04 bits per heavy atom. The highest BCUT2D eigenvalue weighted by atomic mass is 19.1. The number of rotatable bonds is 5. The van der Waals surface area contributed by atoms with E-state index in [-0.39, 0.29) is 5.91 Å². The van der Waals surface area contributed by atoms with Crippen LogP contribution >= 0.6 is 0 Å². The van der Waals surface area contributed by atoms with Crippen LogP contribution in [0.1, 0.15) is 16.1 Å². The highest BCUT2D eigenvalue weighted by molar-refractivity contribution is 6.05. The third kappa shape index (κ3) is 3.97. The molecule has 0 bridgehead atoms. The summed E-state index contributed by atoms with van der Waals surface area (Å²) in [4.78, 5) is 16.0. The number of anilines is 1. The van der Waals surface area contributed by atoms with Gasteiger partial charge in [-0.1, -0.05) is 18.2 Å². The molecule has 0 aliphatic carbocycles. The van der Waals surface area contributed by atoms with Gasteiger partial charge in [-0.3, -0.25) is 4.79 Å². The molecule has 26 heavy (non-hydrogen) atoms. The lowest BCUT2D eigenvalue weighted by atomic mass is 10.2. The van der Waals surface area contributed by atoms with Gasteiger partial charge in [0.25, 0.3) is 5.91 Å². The van der Waals surface area contributed by atoms with Gasteiger partial charge in [0.15, 0.2) is 11.5 Å². The summed E-state index contributed by atoms with van der Waals surface area (Å²) >= 11 is 0. The van der Waals surface area contributed by atoms with Crippen molar-refractivity contribution in [2.24, 2.45) is 0 Å². The summed E-state index contributed by atoms with van der Waals surface area (Å²) < 4.78 is 24.2. The van der Waals surface area contributed by atoms with Crippen LogP contribution in [0.15, 0.2) is 60.7 Å². The maximum atomic E-state index is 13.1. The number of pyridine rings is 1. The molecular weight excluding hydrogens is 335 g/mol. The molecule has 0 aliphatic rings. The van der Waals surface area contributed by atoms with Crippen molar-refractivity contribution in [1.29, 1.82) is 0 Å². The van der Waals surface area contributed by atoms with Crippen molar-refractivity contribution in [1.82, 2.24) is 4.98 Å². The summed E-state index contributed by atoms with van der Waals surface area (Å²) in [6.45, 7) is 1.58. The normalized spacial score (nSPS) is 10.3. The number of aromatic nitrogens is 1. The number of nitrogens with zero attached hydrogens (tertiary/aromatic N) is 1. The van der Waals surface area contributed by atoms with Gasteiger partial charge in [-0.15, -0.1) is 0 Å². The Bertz CT molecular complexity index is 944. The zero-order valence-corrected chi connectivity index (χ0v) is 14.3. The molecule has 3 aromatic rings. The first kappa shape index (κ1) is 17.4. The van der Waals surface area contributed by atoms with E-state index >= 15 is 0 Å². The molecule has 0 saturated heterocycles. The van der Waals surface area contributed by atoms with Crippen molar-refractivity contribution in [3.8, 4) is 17.2 Å². The average molecular weight is 352 g/mol. The first-order valence-corrected chi connectivity index (χ1v) is 7.92. The van der Waals surface area contributed by atoms with E-state index in [0.29, 0.717) is 34.2 Å². The zero-order valence-electron chi connectivity index (χ0n) is 14.3. The molecule has 0 aliphatic heterocycles. The number of aryl methyl sites for hydroxylation is 1. The predicted molar refractivity (Wildman–Crippen MR) is 96.4 cm³/mol. The smallest absolute Gasteiger partial charge is 0.257 e. The number of methoxy groups -OCH3 is 1. The summed E-state index contributed by atoms with van der Waals surface area (Å²) in [7, 11) is 1.57. The van der Waals surface area contributed by atoms with Gasteiger partial charge in [0.2, 0.25) is 5.95 Å². The Hall–Kier alpha value is -3.41. The third-order valence-corrected chi connectivity index (χ3v) is 3.69. The number of para-hydroxylation sites is 2. The minimum absolute atomic E-state index is 0.308. The Morgan fingerprint density at radius 3 is 2.54 bits per heavy atom. The number of hydrogen-bond acceptors (Lipinski definition) is 4. The molecule has 1 aromatic heterocycles. The molecule has 132 valence electrons. The van der Waals surface area contributed by atoms with Crippen LogP contribution < -0.4 is 14.8 Å².